The molecule has 0 radical (unpaired) electrons. The Morgan fingerprint density at radius 3 is 2.82 bits per heavy atom. The molecule has 2 rings (SSSR count). The molecule has 2 aromatic heterocycles. The molecule has 7 heteroatoms. The molecule has 90 valence electrons. The van der Waals surface area contributed by atoms with Gasteiger partial charge in [0.2, 0.25) is 11.8 Å². The number of nitrogens with two attached hydrogens (primary N) is 1. The second kappa shape index (κ2) is 4.36. The highest BCUT2D eigenvalue weighted by molar-refractivity contribution is 5.39. The van der Waals surface area contributed by atoms with Crippen LogP contribution in [0.1, 0.15) is 17.3 Å². The van der Waals surface area contributed by atoms with Gasteiger partial charge in [-0.05, 0) is 13.8 Å². The molecule has 2 heterocycles. The van der Waals surface area contributed by atoms with E-state index in [1.807, 2.05) is 13.8 Å². The summed E-state index contributed by atoms with van der Waals surface area (Å²) in [5.74, 6) is 0.680. The lowest BCUT2D eigenvalue weighted by Crippen LogP contribution is -2.06. The molecule has 0 aliphatic carbocycles. The van der Waals surface area contributed by atoms with Gasteiger partial charge < -0.3 is 15.5 Å². The predicted molar refractivity (Wildman–Crippen MR) is 59.7 cm³/mol. The normalized spacial score (nSPS) is 10.5. The Labute approximate surface area is 97.1 Å². The predicted octanol–water partition coefficient (Wildman–Crippen LogP) is 1.41. The van der Waals surface area contributed by atoms with E-state index in [1.165, 1.54) is 0 Å². The maximum atomic E-state index is 13.3. The first-order chi connectivity index (χ1) is 8.06. The SMILES string of the molecule is Cc1nc(CNc2nc(N)ncc2F)oc1C. The van der Waals surface area contributed by atoms with Gasteiger partial charge in [0.25, 0.3) is 0 Å². The van der Waals surface area contributed by atoms with E-state index in [2.05, 4.69) is 20.3 Å². The Kier molecular flexibility index (Phi) is 2.90. The molecule has 0 aliphatic heterocycles. The van der Waals surface area contributed by atoms with Crippen LogP contribution in [-0.2, 0) is 6.54 Å². The highest BCUT2D eigenvalue weighted by Gasteiger charge is 2.08. The highest BCUT2D eigenvalue weighted by Crippen LogP contribution is 2.13. The minimum Gasteiger partial charge on any atom is -0.444 e. The lowest BCUT2D eigenvalue weighted by Gasteiger charge is -2.03. The summed E-state index contributed by atoms with van der Waals surface area (Å²) in [5.41, 5.74) is 6.17. The van der Waals surface area contributed by atoms with Crippen LogP contribution >= 0.6 is 0 Å². The molecule has 0 saturated carbocycles. The summed E-state index contributed by atoms with van der Waals surface area (Å²) in [6.45, 7) is 3.89. The van der Waals surface area contributed by atoms with Gasteiger partial charge >= 0.3 is 0 Å². The van der Waals surface area contributed by atoms with Crippen molar-refractivity contribution in [1.82, 2.24) is 15.0 Å². The van der Waals surface area contributed by atoms with Crippen LogP contribution in [0.5, 0.6) is 0 Å². The summed E-state index contributed by atoms with van der Waals surface area (Å²) in [6.07, 6.45) is 1.01. The maximum Gasteiger partial charge on any atom is 0.222 e. The fourth-order valence-electron chi connectivity index (χ4n) is 1.28. The fourth-order valence-corrected chi connectivity index (χ4v) is 1.28. The summed E-state index contributed by atoms with van der Waals surface area (Å²) >= 11 is 0. The molecule has 3 N–H and O–H groups in total. The zero-order valence-electron chi connectivity index (χ0n) is 9.49. The average Bonchev–Trinajstić information content (AvgIpc) is 2.60. The van der Waals surface area contributed by atoms with Gasteiger partial charge in [-0.15, -0.1) is 0 Å². The monoisotopic (exact) mass is 237 g/mol. The van der Waals surface area contributed by atoms with E-state index < -0.39 is 5.82 Å². The number of nitrogens with zero attached hydrogens (tertiary/aromatic N) is 3. The molecule has 2 aromatic rings. The molecule has 0 saturated heterocycles. The van der Waals surface area contributed by atoms with Crippen LogP contribution in [0, 0.1) is 19.7 Å². The number of halogens is 1. The van der Waals surface area contributed by atoms with Crippen molar-refractivity contribution >= 4 is 11.8 Å². The van der Waals surface area contributed by atoms with Crippen LogP contribution in [0.4, 0.5) is 16.2 Å². The molecule has 0 spiro atoms. The summed E-state index contributed by atoms with van der Waals surface area (Å²) in [7, 11) is 0. The minimum atomic E-state index is -0.570. The van der Waals surface area contributed by atoms with E-state index in [1.54, 1.807) is 0 Å². The van der Waals surface area contributed by atoms with Crippen LogP contribution in [0.25, 0.3) is 0 Å². The first-order valence-corrected chi connectivity index (χ1v) is 5.01. The number of hydrogen-bond donors (Lipinski definition) is 2. The molecule has 0 fully saturated rings. The van der Waals surface area contributed by atoms with Gasteiger partial charge in [0.05, 0.1) is 18.4 Å². The van der Waals surface area contributed by atoms with E-state index in [0.717, 1.165) is 17.7 Å². The number of rotatable bonds is 3. The molecule has 0 bridgehead atoms. The molecular formula is C10H12FN5O. The van der Waals surface area contributed by atoms with Crippen LogP contribution in [-0.4, -0.2) is 15.0 Å². The first kappa shape index (κ1) is 11.3. The van der Waals surface area contributed by atoms with E-state index in [4.69, 9.17) is 10.2 Å². The second-order valence-electron chi connectivity index (χ2n) is 3.53. The Balaban J connectivity index is 2.09. The van der Waals surface area contributed by atoms with Crippen molar-refractivity contribution in [1.29, 1.82) is 0 Å². The topological polar surface area (TPSA) is 89.9 Å². The van der Waals surface area contributed by atoms with Crippen molar-refractivity contribution in [3.05, 3.63) is 29.4 Å². The van der Waals surface area contributed by atoms with Gasteiger partial charge in [0, 0.05) is 0 Å². The number of aryl methyl sites for hydroxylation is 2. The standard InChI is InChI=1S/C10H12FN5O/c1-5-6(2)17-8(15-5)4-13-9-7(11)3-14-10(12)16-9/h3H,4H2,1-2H3,(H3,12,13,14,16). The number of aromatic nitrogens is 3. The Hall–Kier alpha value is -2.18. The second-order valence-corrected chi connectivity index (χ2v) is 3.53. The Morgan fingerprint density at radius 1 is 1.41 bits per heavy atom. The van der Waals surface area contributed by atoms with Crippen molar-refractivity contribution in [3.8, 4) is 0 Å². The van der Waals surface area contributed by atoms with Gasteiger partial charge in [0.1, 0.15) is 5.76 Å². The number of oxazole rings is 1. The maximum absolute atomic E-state index is 13.3. The molecule has 0 unspecified atom stereocenters. The zero-order valence-corrected chi connectivity index (χ0v) is 9.49. The average molecular weight is 237 g/mol. The number of nitrogen functional groups attached to an aromatic ring is 1. The fraction of sp³-hybridized carbons (Fsp3) is 0.300. The van der Waals surface area contributed by atoms with Crippen molar-refractivity contribution in [2.45, 2.75) is 20.4 Å². The molecule has 0 aliphatic rings. The third-order valence-electron chi connectivity index (χ3n) is 2.24. The van der Waals surface area contributed by atoms with Crippen LogP contribution in [0.2, 0.25) is 0 Å². The van der Waals surface area contributed by atoms with Crippen molar-refractivity contribution < 1.29 is 8.81 Å². The van der Waals surface area contributed by atoms with Gasteiger partial charge in [-0.1, -0.05) is 0 Å². The molecule has 17 heavy (non-hydrogen) atoms. The quantitative estimate of drug-likeness (QED) is 0.838. The summed E-state index contributed by atoms with van der Waals surface area (Å²) in [5, 5.41) is 2.75. The molecule has 0 amide bonds. The van der Waals surface area contributed by atoms with Gasteiger partial charge in [-0.3, -0.25) is 0 Å². The lowest BCUT2D eigenvalue weighted by atomic mass is 10.4. The van der Waals surface area contributed by atoms with E-state index in [-0.39, 0.29) is 18.3 Å². The summed E-state index contributed by atoms with van der Waals surface area (Å²) in [6, 6.07) is 0. The molecule has 0 aromatic carbocycles. The number of hydrogen-bond acceptors (Lipinski definition) is 6. The van der Waals surface area contributed by atoms with Crippen LogP contribution < -0.4 is 11.1 Å². The Morgan fingerprint density at radius 2 is 2.18 bits per heavy atom. The van der Waals surface area contributed by atoms with Gasteiger partial charge in [-0.25, -0.2) is 14.4 Å². The molecule has 6 nitrogen and oxygen atoms in total. The summed E-state index contributed by atoms with van der Waals surface area (Å²) in [4.78, 5) is 11.4. The first-order valence-electron chi connectivity index (χ1n) is 5.01. The van der Waals surface area contributed by atoms with Crippen LogP contribution in [0.3, 0.4) is 0 Å². The minimum absolute atomic E-state index is 0.00802. The molecule has 0 atom stereocenters. The third kappa shape index (κ3) is 2.49. The smallest absolute Gasteiger partial charge is 0.222 e. The zero-order chi connectivity index (χ0) is 12.4. The van der Waals surface area contributed by atoms with E-state index in [0.29, 0.717) is 5.89 Å². The van der Waals surface area contributed by atoms with Crippen molar-refractivity contribution in [2.75, 3.05) is 11.1 Å². The van der Waals surface area contributed by atoms with Crippen molar-refractivity contribution in [2.24, 2.45) is 0 Å². The Bertz CT molecular complexity index is 520. The van der Waals surface area contributed by atoms with Gasteiger partial charge in [-0.2, -0.15) is 4.98 Å². The lowest BCUT2D eigenvalue weighted by molar-refractivity contribution is 0.477. The number of nitrogens with one attached hydrogen (secondary N) is 1. The largest absolute Gasteiger partial charge is 0.444 e. The molecular weight excluding hydrogens is 225 g/mol. The number of anilines is 2. The third-order valence-corrected chi connectivity index (χ3v) is 2.24. The van der Waals surface area contributed by atoms with E-state index >= 15 is 0 Å². The summed E-state index contributed by atoms with van der Waals surface area (Å²) < 4.78 is 18.6. The van der Waals surface area contributed by atoms with Crippen LogP contribution in [0.15, 0.2) is 10.6 Å². The van der Waals surface area contributed by atoms with E-state index in [9.17, 15) is 4.39 Å². The highest BCUT2D eigenvalue weighted by atomic mass is 19.1. The van der Waals surface area contributed by atoms with Gasteiger partial charge in [0.15, 0.2) is 11.6 Å². The van der Waals surface area contributed by atoms with Crippen molar-refractivity contribution in [3.63, 3.8) is 0 Å².